The largest absolute Gasteiger partial charge is 0.324 e. The van der Waals surface area contributed by atoms with Crippen LogP contribution in [0.4, 0.5) is 11.6 Å². The Labute approximate surface area is 256 Å². The van der Waals surface area contributed by atoms with Crippen molar-refractivity contribution in [2.45, 2.75) is 58.0 Å². The summed E-state index contributed by atoms with van der Waals surface area (Å²) in [4.78, 5) is 30.2. The van der Waals surface area contributed by atoms with Gasteiger partial charge in [0.25, 0.3) is 5.56 Å². The molecular weight excluding hydrogens is 556 g/mol. The second-order valence-corrected chi connectivity index (χ2v) is 12.2. The van der Waals surface area contributed by atoms with Crippen molar-refractivity contribution < 1.29 is 11.6 Å². The van der Waals surface area contributed by atoms with E-state index in [1.54, 1.807) is 17.0 Å². The Bertz CT molecular complexity index is 1870. The molecule has 218 valence electrons. The van der Waals surface area contributed by atoms with Crippen LogP contribution in [0.25, 0.3) is 33.3 Å². The smallest absolute Gasteiger partial charge is 0.260 e. The minimum Gasteiger partial charge on any atom is -0.324 e. The molecule has 2 saturated heterocycles. The molecular formula is C35H36ClN6O+. The molecule has 2 aromatic carbocycles. The highest BCUT2D eigenvalue weighted by molar-refractivity contribution is 5.83. The van der Waals surface area contributed by atoms with Crippen LogP contribution in [0.15, 0.2) is 77.9 Å². The van der Waals surface area contributed by atoms with Gasteiger partial charge in [-0.15, -0.1) is 0 Å². The minimum absolute atomic E-state index is 0.117. The summed E-state index contributed by atoms with van der Waals surface area (Å²) in [7, 11) is 0. The lowest BCUT2D eigenvalue weighted by Gasteiger charge is -2.35. The zero-order chi connectivity index (χ0) is 29.5. The number of rotatable bonds is 6. The minimum atomic E-state index is -0.117. The number of aryl methyl sites for hydroxylation is 2. The van der Waals surface area contributed by atoms with Crippen LogP contribution in [0.5, 0.6) is 0 Å². The van der Waals surface area contributed by atoms with Gasteiger partial charge < -0.3 is 10.2 Å². The number of hydrogen-bond acceptors (Lipinski definition) is 6. The third-order valence-corrected chi connectivity index (χ3v) is 9.53. The number of fused-ring (bicyclic) bond motifs is 2. The fourth-order valence-corrected chi connectivity index (χ4v) is 7.21. The molecule has 0 spiro atoms. The number of halogens is 1. The fourth-order valence-electron chi connectivity index (χ4n) is 6.90. The molecule has 5 heterocycles. The van der Waals surface area contributed by atoms with Gasteiger partial charge in [-0.1, -0.05) is 24.3 Å². The zero-order valence-corrected chi connectivity index (χ0v) is 25.4. The lowest BCUT2D eigenvalue weighted by Crippen LogP contribution is -2.37. The first kappa shape index (κ1) is 27.7. The van der Waals surface area contributed by atoms with Crippen molar-refractivity contribution in [3.63, 3.8) is 0 Å². The molecule has 0 saturated carbocycles. The molecule has 0 amide bonds. The Hall–Kier alpha value is -4.07. The molecule has 7 rings (SSSR count). The van der Waals surface area contributed by atoms with E-state index in [1.165, 1.54) is 44.3 Å². The van der Waals surface area contributed by atoms with Gasteiger partial charge in [-0.05, 0) is 100.0 Å². The highest BCUT2D eigenvalue weighted by Crippen LogP contribution is 2.36. The number of nitrogens with zero attached hydrogens (tertiary/aromatic N) is 5. The molecule has 5 aromatic rings. The van der Waals surface area contributed by atoms with Gasteiger partial charge >= 0.3 is 0 Å². The van der Waals surface area contributed by atoms with E-state index < -0.39 is 0 Å². The third-order valence-electron chi connectivity index (χ3n) is 9.19. The lowest BCUT2D eigenvalue weighted by atomic mass is 9.85. The van der Waals surface area contributed by atoms with Crippen LogP contribution in [0.1, 0.15) is 49.8 Å². The topological polar surface area (TPSA) is 75.9 Å². The van der Waals surface area contributed by atoms with Crippen LogP contribution in [0, 0.1) is 18.5 Å². The second kappa shape index (κ2) is 11.5. The van der Waals surface area contributed by atoms with Gasteiger partial charge in [0.2, 0.25) is 11.0 Å². The van der Waals surface area contributed by atoms with Crippen molar-refractivity contribution in [1.82, 2.24) is 24.4 Å². The highest BCUT2D eigenvalue weighted by atomic mass is 35.5. The molecule has 2 atom stereocenters. The molecule has 0 bridgehead atoms. The van der Waals surface area contributed by atoms with Gasteiger partial charge in [0.15, 0.2) is 11.6 Å². The maximum absolute atomic E-state index is 13.7. The Kier molecular flexibility index (Phi) is 7.45. The molecule has 2 unspecified atom stereocenters. The Morgan fingerprint density at radius 3 is 2.63 bits per heavy atom. The molecule has 1 N–H and O–H groups in total. The van der Waals surface area contributed by atoms with E-state index in [1.807, 2.05) is 50.2 Å². The summed E-state index contributed by atoms with van der Waals surface area (Å²) in [5, 5.41) is 4.76. The van der Waals surface area contributed by atoms with E-state index in [9.17, 15) is 4.79 Å². The molecule has 0 radical (unpaired) electrons. The first-order valence-electron chi connectivity index (χ1n) is 15.2. The molecule has 7 nitrogen and oxygen atoms in total. The van der Waals surface area contributed by atoms with Crippen molar-refractivity contribution in [3.8, 4) is 22.3 Å². The van der Waals surface area contributed by atoms with Gasteiger partial charge in [0, 0.05) is 53.4 Å². The van der Waals surface area contributed by atoms with Crippen LogP contribution < -0.4 is 10.9 Å². The number of hydrogen-bond donors (Lipinski definition) is 1. The lowest BCUT2D eigenvalue weighted by molar-refractivity contribution is -0.287. The van der Waals surface area contributed by atoms with Crippen molar-refractivity contribution >= 4 is 22.7 Å². The molecule has 2 fully saturated rings. The van der Waals surface area contributed by atoms with E-state index >= 15 is 0 Å². The molecule has 2 aliphatic heterocycles. The number of piperidine rings is 1. The fraction of sp³-hybridized carbons (Fsp3) is 0.314. The van der Waals surface area contributed by atoms with Gasteiger partial charge in [0.05, 0.1) is 11.1 Å². The monoisotopic (exact) mass is 591 g/mol. The quantitative estimate of drug-likeness (QED) is 0.239. The number of anilines is 2. The Morgan fingerprint density at radius 2 is 1.84 bits per heavy atom. The maximum atomic E-state index is 13.7. The first-order chi connectivity index (χ1) is 21.0. The molecule has 43 heavy (non-hydrogen) atoms. The maximum Gasteiger partial charge on any atom is 0.260 e. The van der Waals surface area contributed by atoms with Crippen molar-refractivity contribution in [3.05, 3.63) is 99.7 Å². The molecule has 8 heteroatoms. The van der Waals surface area contributed by atoms with E-state index in [0.29, 0.717) is 34.6 Å². The number of pyridine rings is 2. The van der Waals surface area contributed by atoms with Gasteiger partial charge in [-0.2, -0.15) is 4.98 Å². The average Bonchev–Trinajstić information content (AvgIpc) is 3.50. The van der Waals surface area contributed by atoms with E-state index in [4.69, 9.17) is 16.6 Å². The van der Waals surface area contributed by atoms with Gasteiger partial charge in [-0.3, -0.25) is 14.3 Å². The number of aromatic nitrogens is 4. The number of nitrogens with one attached hydrogen (secondary N) is 1. The van der Waals surface area contributed by atoms with Gasteiger partial charge in [0.1, 0.15) is 5.65 Å². The summed E-state index contributed by atoms with van der Waals surface area (Å²) in [6.45, 7) is 6.90. The SMILES string of the molecule is CCn1c(=O)c(-c2ccc(-c3cccnc3C)cc2[ClH+])cc2cnc(Nc3ccc(C4CCN5CCCC5C4)cc3)nc21. The first-order valence-corrected chi connectivity index (χ1v) is 15.6. The predicted octanol–water partition coefficient (Wildman–Crippen LogP) is 6.63. The summed E-state index contributed by atoms with van der Waals surface area (Å²) in [5.41, 5.74) is 7.07. The van der Waals surface area contributed by atoms with Crippen LogP contribution >= 0.6 is 0 Å². The molecule has 2 aliphatic rings. The summed E-state index contributed by atoms with van der Waals surface area (Å²) < 4.78 is 1.70. The van der Waals surface area contributed by atoms with E-state index in [-0.39, 0.29) is 5.56 Å². The van der Waals surface area contributed by atoms with Crippen molar-refractivity contribution in [1.29, 1.82) is 0 Å². The van der Waals surface area contributed by atoms with Crippen LogP contribution in [0.3, 0.4) is 0 Å². The highest BCUT2D eigenvalue weighted by Gasteiger charge is 2.32. The van der Waals surface area contributed by atoms with Crippen molar-refractivity contribution in [2.24, 2.45) is 0 Å². The summed E-state index contributed by atoms with van der Waals surface area (Å²) in [5.74, 6) is 1.10. The van der Waals surface area contributed by atoms with Crippen molar-refractivity contribution in [2.75, 3.05) is 18.4 Å². The average molecular weight is 592 g/mol. The molecule has 3 aromatic heterocycles. The second-order valence-electron chi connectivity index (χ2n) is 11.7. The Balaban J connectivity index is 1.15. The predicted molar refractivity (Wildman–Crippen MR) is 170 cm³/mol. The standard InChI is InChI=1S/C35H35ClN6O/c1-3-42-33-26(19-31(34(42)43)30-13-10-25(20-32(30)36)29-7-4-15-37-22(29)2)21-38-35(40-33)39-27-11-8-23(9-12-27)24-14-17-41-16-5-6-28(41)18-24/h4,7-13,15,19-21,24,28,36H,3,5-6,14,16-18H2,1-2H3/p+1. The molecule has 0 aliphatic carbocycles. The summed E-state index contributed by atoms with van der Waals surface area (Å²) in [6, 6.07) is 21.1. The summed E-state index contributed by atoms with van der Waals surface area (Å²) in [6.07, 6.45) is 8.73. The third kappa shape index (κ3) is 5.32. The van der Waals surface area contributed by atoms with Crippen LogP contribution in [0.2, 0.25) is 5.02 Å². The zero-order valence-electron chi connectivity index (χ0n) is 24.6. The van der Waals surface area contributed by atoms with Gasteiger partial charge in [-0.25, -0.2) is 4.98 Å². The Morgan fingerprint density at radius 1 is 0.977 bits per heavy atom. The van der Waals surface area contributed by atoms with E-state index in [0.717, 1.165) is 39.5 Å². The number of benzene rings is 2. The van der Waals surface area contributed by atoms with Crippen LogP contribution in [-0.4, -0.2) is 43.6 Å². The summed E-state index contributed by atoms with van der Waals surface area (Å²) >= 11 is 5.78. The van der Waals surface area contributed by atoms with Crippen LogP contribution in [-0.2, 0) is 6.54 Å². The van der Waals surface area contributed by atoms with E-state index in [2.05, 4.69) is 44.5 Å². The normalized spacial score (nSPS) is 18.6.